The Kier molecular flexibility index (Phi) is 8.97. The van der Waals surface area contributed by atoms with Gasteiger partial charge in [-0.1, -0.05) is 30.3 Å². The number of hydrogen-bond donors (Lipinski definition) is 0. The Morgan fingerprint density at radius 3 is 2.05 bits per heavy atom. The van der Waals surface area contributed by atoms with Crippen LogP contribution in [0, 0.1) is 0 Å². The second-order valence-corrected chi connectivity index (χ2v) is 4.86. The summed E-state index contributed by atoms with van der Waals surface area (Å²) in [5, 5.41) is 0. The van der Waals surface area contributed by atoms with Gasteiger partial charge in [0.05, 0.1) is 0 Å². The summed E-state index contributed by atoms with van der Waals surface area (Å²) < 4.78 is 46.7. The molecule has 22 heavy (non-hydrogen) atoms. The highest BCUT2D eigenvalue weighted by atomic mass is 19.5. The van der Waals surface area contributed by atoms with Crippen molar-refractivity contribution in [3.05, 3.63) is 47.9 Å². The minimum absolute atomic E-state index is 0.588. The molecule has 124 valence electrons. The predicted octanol–water partition coefficient (Wildman–Crippen LogP) is 3.25. The van der Waals surface area contributed by atoms with E-state index < -0.39 is 7.25 Å². The molecule has 0 aliphatic rings. The van der Waals surface area contributed by atoms with Crippen LogP contribution in [0.25, 0.3) is 0 Å². The second kappa shape index (κ2) is 9.86. The van der Waals surface area contributed by atoms with Gasteiger partial charge in [-0.2, -0.15) is 0 Å². The lowest BCUT2D eigenvalue weighted by Crippen LogP contribution is -2.09. The van der Waals surface area contributed by atoms with Gasteiger partial charge in [0, 0.05) is 20.3 Å². The summed E-state index contributed by atoms with van der Waals surface area (Å²) in [6, 6.07) is 10.2. The molecule has 0 amide bonds. The second-order valence-electron chi connectivity index (χ2n) is 4.86. The molecule has 1 aromatic rings. The van der Waals surface area contributed by atoms with Crippen LogP contribution in [0.3, 0.4) is 0 Å². The molecule has 0 unspecified atom stereocenters. The van der Waals surface area contributed by atoms with Crippen molar-refractivity contribution >= 4 is 13.5 Å². The topological polar surface area (TPSA) is 15.5 Å². The lowest BCUT2D eigenvalue weighted by atomic mass is 10.2. The third kappa shape index (κ3) is 14.4. The van der Waals surface area contributed by atoms with E-state index in [4.69, 9.17) is 4.74 Å². The maximum Gasteiger partial charge on any atom is 0.673 e. The fourth-order valence-electron chi connectivity index (χ4n) is 1.36. The number of halogens is 4. The molecule has 0 saturated heterocycles. The van der Waals surface area contributed by atoms with Gasteiger partial charge < -0.3 is 26.9 Å². The van der Waals surface area contributed by atoms with Crippen LogP contribution in [0.1, 0.15) is 5.56 Å². The van der Waals surface area contributed by atoms with Crippen molar-refractivity contribution in [1.29, 1.82) is 0 Å². The molecule has 1 aromatic carbocycles. The van der Waals surface area contributed by atoms with Crippen molar-refractivity contribution < 1.29 is 26.6 Å². The molecular formula is C14H21BF4N2O. The summed E-state index contributed by atoms with van der Waals surface area (Å²) in [4.78, 5) is 1.97. The van der Waals surface area contributed by atoms with E-state index in [1.807, 2.05) is 68.3 Å². The van der Waals surface area contributed by atoms with E-state index >= 15 is 0 Å². The maximum absolute atomic E-state index is 9.75. The lowest BCUT2D eigenvalue weighted by molar-refractivity contribution is -0.459. The monoisotopic (exact) mass is 320 g/mol. The first-order chi connectivity index (χ1) is 10.1. The zero-order chi connectivity index (χ0) is 17.2. The van der Waals surface area contributed by atoms with Crippen LogP contribution < -0.4 is 0 Å². The van der Waals surface area contributed by atoms with Crippen LogP contribution in [-0.4, -0.2) is 51.1 Å². The first-order valence-electron chi connectivity index (χ1n) is 6.51. The number of benzene rings is 1. The minimum Gasteiger partial charge on any atom is -0.482 e. The molecule has 0 heterocycles. The molecule has 0 saturated carbocycles. The summed E-state index contributed by atoms with van der Waals surface area (Å²) >= 11 is 0. The van der Waals surface area contributed by atoms with Gasteiger partial charge in [-0.05, 0) is 5.56 Å². The van der Waals surface area contributed by atoms with E-state index in [0.717, 1.165) is 5.76 Å². The van der Waals surface area contributed by atoms with E-state index in [1.54, 1.807) is 0 Å². The zero-order valence-corrected chi connectivity index (χ0v) is 13.1. The molecule has 1 rings (SSSR count). The van der Waals surface area contributed by atoms with Crippen LogP contribution >= 0.6 is 0 Å². The van der Waals surface area contributed by atoms with Gasteiger partial charge in [0.1, 0.15) is 20.7 Å². The third-order valence-electron chi connectivity index (χ3n) is 2.02. The van der Waals surface area contributed by atoms with Gasteiger partial charge in [-0.25, -0.2) is 4.58 Å². The van der Waals surface area contributed by atoms with Crippen molar-refractivity contribution in [3.8, 4) is 0 Å². The SMILES string of the molecule is CN(C)/C=C(/C=[N+](C)C)OCc1ccccc1.F[B-](F)(F)F. The fraction of sp³-hybridized carbons (Fsp3) is 0.357. The smallest absolute Gasteiger partial charge is 0.482 e. The van der Waals surface area contributed by atoms with Crippen molar-refractivity contribution in [3.63, 3.8) is 0 Å². The maximum atomic E-state index is 9.75. The zero-order valence-electron chi connectivity index (χ0n) is 13.1. The van der Waals surface area contributed by atoms with Crippen LogP contribution in [0.15, 0.2) is 42.3 Å². The predicted molar refractivity (Wildman–Crippen MR) is 81.4 cm³/mol. The van der Waals surface area contributed by atoms with Gasteiger partial charge in [-0.3, -0.25) is 0 Å². The molecular weight excluding hydrogens is 299 g/mol. The van der Waals surface area contributed by atoms with Crippen molar-refractivity contribution in [2.75, 3.05) is 28.2 Å². The first-order valence-corrected chi connectivity index (χ1v) is 6.51. The molecule has 0 atom stereocenters. The number of rotatable bonds is 5. The highest BCUT2D eigenvalue weighted by Gasteiger charge is 2.20. The standard InChI is InChI=1S/C14H21N2O.BF4/c1-15(2)10-14(11-16(3)4)17-12-13-8-6-5-7-9-13;2-1(3,4)5/h5-11H,12H2,1-4H3;/q+1;-1. The van der Waals surface area contributed by atoms with E-state index in [2.05, 4.69) is 12.1 Å². The van der Waals surface area contributed by atoms with Gasteiger partial charge in [0.15, 0.2) is 5.76 Å². The van der Waals surface area contributed by atoms with Gasteiger partial charge >= 0.3 is 7.25 Å². The Hall–Kier alpha value is -1.99. The molecule has 0 bridgehead atoms. The largest absolute Gasteiger partial charge is 0.673 e. The molecule has 0 aliphatic heterocycles. The summed E-state index contributed by atoms with van der Waals surface area (Å²) in [6.07, 6.45) is 3.92. The highest BCUT2D eigenvalue weighted by molar-refractivity contribution is 6.50. The average molecular weight is 320 g/mol. The van der Waals surface area contributed by atoms with Crippen molar-refractivity contribution in [2.45, 2.75) is 6.61 Å². The Morgan fingerprint density at radius 1 is 1.14 bits per heavy atom. The molecule has 0 radical (unpaired) electrons. The minimum atomic E-state index is -6.00. The fourth-order valence-corrected chi connectivity index (χ4v) is 1.36. The molecule has 3 nitrogen and oxygen atoms in total. The summed E-state index contributed by atoms with van der Waals surface area (Å²) in [7, 11) is 1.93. The lowest BCUT2D eigenvalue weighted by Gasteiger charge is -2.09. The molecule has 8 heteroatoms. The van der Waals surface area contributed by atoms with Crippen LogP contribution in [0.4, 0.5) is 17.3 Å². The summed E-state index contributed by atoms with van der Waals surface area (Å²) in [5.74, 6) is 0.851. The van der Waals surface area contributed by atoms with Crippen molar-refractivity contribution in [2.24, 2.45) is 0 Å². The van der Waals surface area contributed by atoms with Gasteiger partial charge in [0.2, 0.25) is 6.21 Å². The first kappa shape index (κ1) is 20.0. The average Bonchev–Trinajstić information content (AvgIpc) is 2.34. The third-order valence-corrected chi connectivity index (χ3v) is 2.02. The number of allylic oxidation sites excluding steroid dienone is 1. The summed E-state index contributed by atoms with van der Waals surface area (Å²) in [5.41, 5.74) is 1.17. The molecule has 0 aromatic heterocycles. The number of hydrogen-bond acceptors (Lipinski definition) is 2. The molecule has 0 fully saturated rings. The van der Waals surface area contributed by atoms with E-state index in [-0.39, 0.29) is 0 Å². The Morgan fingerprint density at radius 2 is 1.64 bits per heavy atom. The van der Waals surface area contributed by atoms with Crippen molar-refractivity contribution in [1.82, 2.24) is 4.90 Å². The van der Waals surface area contributed by atoms with E-state index in [9.17, 15) is 17.3 Å². The Balaban J connectivity index is 0.000000763. The van der Waals surface area contributed by atoms with Crippen LogP contribution in [-0.2, 0) is 11.3 Å². The normalized spacial score (nSPS) is 11.2. The van der Waals surface area contributed by atoms with Gasteiger partial charge in [0.25, 0.3) is 0 Å². The Labute approximate surface area is 128 Å². The summed E-state index contributed by atoms with van der Waals surface area (Å²) in [6.45, 7) is 0.588. The van der Waals surface area contributed by atoms with Crippen LogP contribution in [0.2, 0.25) is 0 Å². The Bertz CT molecular complexity index is 477. The number of nitrogens with zero attached hydrogens (tertiary/aromatic N) is 2. The van der Waals surface area contributed by atoms with E-state index in [1.165, 1.54) is 5.56 Å². The molecule has 0 spiro atoms. The molecule has 0 aliphatic carbocycles. The van der Waals surface area contributed by atoms with Gasteiger partial charge in [-0.15, -0.1) is 0 Å². The highest BCUT2D eigenvalue weighted by Crippen LogP contribution is 2.06. The van der Waals surface area contributed by atoms with Crippen LogP contribution in [0.5, 0.6) is 0 Å². The number of ether oxygens (including phenoxy) is 1. The quantitative estimate of drug-likeness (QED) is 0.272. The van der Waals surface area contributed by atoms with E-state index in [0.29, 0.717) is 6.61 Å². The molecule has 0 N–H and O–H groups in total.